The number of rotatable bonds is 66. The van der Waals surface area contributed by atoms with Crippen LogP contribution in [0, 0.1) is 0 Å². The third kappa shape index (κ3) is 69.3. The zero-order valence-corrected chi connectivity index (χ0v) is 55.2. The highest BCUT2D eigenvalue weighted by atomic mass is 16.6. The zero-order valence-electron chi connectivity index (χ0n) is 55.2. The third-order valence-electron chi connectivity index (χ3n) is 15.9. The Balaban J connectivity index is 4.22. The van der Waals surface area contributed by atoms with Gasteiger partial charge in [0, 0.05) is 19.3 Å². The Morgan fingerprint density at radius 3 is 0.723 bits per heavy atom. The number of hydrogen-bond donors (Lipinski definition) is 0. The summed E-state index contributed by atoms with van der Waals surface area (Å²) in [6.45, 7) is 6.52. The van der Waals surface area contributed by atoms with Crippen molar-refractivity contribution in [1.82, 2.24) is 0 Å². The molecule has 0 spiro atoms. The molecule has 0 rings (SSSR count). The van der Waals surface area contributed by atoms with Crippen LogP contribution < -0.4 is 0 Å². The van der Waals surface area contributed by atoms with Gasteiger partial charge in [0.05, 0.1) is 0 Å². The van der Waals surface area contributed by atoms with Crippen molar-refractivity contribution in [3.63, 3.8) is 0 Å². The van der Waals surface area contributed by atoms with Crippen LogP contribution in [-0.2, 0) is 28.6 Å². The Hall–Kier alpha value is -3.41. The first-order valence-corrected chi connectivity index (χ1v) is 36.1. The van der Waals surface area contributed by atoms with Crippen molar-refractivity contribution < 1.29 is 28.6 Å². The molecule has 0 bridgehead atoms. The summed E-state index contributed by atoms with van der Waals surface area (Å²) in [4.78, 5) is 38.3. The molecule has 0 aromatic carbocycles. The molecule has 1 atom stereocenters. The van der Waals surface area contributed by atoms with Gasteiger partial charge in [-0.1, -0.05) is 363 Å². The molecule has 83 heavy (non-hydrogen) atoms. The van der Waals surface area contributed by atoms with E-state index < -0.39 is 6.10 Å². The van der Waals surface area contributed by atoms with E-state index in [0.717, 1.165) is 89.9 Å². The van der Waals surface area contributed by atoms with Crippen molar-refractivity contribution in [3.8, 4) is 0 Å². The van der Waals surface area contributed by atoms with Crippen LogP contribution in [0.4, 0.5) is 0 Å². The molecule has 0 aliphatic carbocycles. The summed E-state index contributed by atoms with van der Waals surface area (Å²) >= 11 is 0. The monoisotopic (exact) mass is 1160 g/mol. The second kappa shape index (κ2) is 71.1. The number of unbranched alkanes of at least 4 members (excludes halogenated alkanes) is 41. The highest BCUT2D eigenvalue weighted by Gasteiger charge is 2.19. The van der Waals surface area contributed by atoms with Crippen LogP contribution in [-0.4, -0.2) is 37.2 Å². The first-order valence-electron chi connectivity index (χ1n) is 36.1. The van der Waals surface area contributed by atoms with Gasteiger partial charge in [-0.3, -0.25) is 14.4 Å². The van der Waals surface area contributed by atoms with Gasteiger partial charge in [-0.2, -0.15) is 0 Å². The molecule has 0 aliphatic rings. The van der Waals surface area contributed by atoms with Gasteiger partial charge >= 0.3 is 17.9 Å². The molecule has 480 valence electrons. The maximum absolute atomic E-state index is 12.9. The first-order chi connectivity index (χ1) is 41.0. The van der Waals surface area contributed by atoms with Crippen LogP contribution >= 0.6 is 0 Å². The van der Waals surface area contributed by atoms with E-state index in [1.165, 1.54) is 231 Å². The molecule has 0 aliphatic heterocycles. The van der Waals surface area contributed by atoms with Crippen molar-refractivity contribution in [3.05, 3.63) is 85.1 Å². The molecule has 0 fully saturated rings. The highest BCUT2D eigenvalue weighted by molar-refractivity contribution is 5.71. The molecular formula is C77H136O6. The fourth-order valence-electron chi connectivity index (χ4n) is 10.6. The topological polar surface area (TPSA) is 78.9 Å². The van der Waals surface area contributed by atoms with Crippen molar-refractivity contribution in [1.29, 1.82) is 0 Å². The zero-order chi connectivity index (χ0) is 59.9. The predicted molar refractivity (Wildman–Crippen MR) is 362 cm³/mol. The summed E-state index contributed by atoms with van der Waals surface area (Å²) in [7, 11) is 0. The smallest absolute Gasteiger partial charge is 0.306 e. The van der Waals surface area contributed by atoms with Crippen molar-refractivity contribution >= 4 is 17.9 Å². The second-order valence-electron chi connectivity index (χ2n) is 24.1. The lowest BCUT2D eigenvalue weighted by molar-refractivity contribution is -0.167. The lowest BCUT2D eigenvalue weighted by atomic mass is 10.0. The highest BCUT2D eigenvalue weighted by Crippen LogP contribution is 2.18. The van der Waals surface area contributed by atoms with Gasteiger partial charge in [0.1, 0.15) is 13.2 Å². The average molecular weight is 1160 g/mol. The van der Waals surface area contributed by atoms with Gasteiger partial charge in [0.25, 0.3) is 0 Å². The number of esters is 3. The van der Waals surface area contributed by atoms with Gasteiger partial charge in [0.2, 0.25) is 0 Å². The van der Waals surface area contributed by atoms with Gasteiger partial charge < -0.3 is 14.2 Å². The van der Waals surface area contributed by atoms with Gasteiger partial charge in [-0.25, -0.2) is 0 Å². The van der Waals surface area contributed by atoms with Gasteiger partial charge in [-0.05, 0) is 70.6 Å². The Labute approximate surface area is 515 Å². The van der Waals surface area contributed by atoms with E-state index in [1.807, 2.05) is 0 Å². The Kier molecular flexibility index (Phi) is 68.2. The Morgan fingerprint density at radius 2 is 0.470 bits per heavy atom. The number of allylic oxidation sites excluding steroid dienone is 14. The van der Waals surface area contributed by atoms with Crippen LogP contribution in [0.5, 0.6) is 0 Å². The van der Waals surface area contributed by atoms with Crippen molar-refractivity contribution in [2.24, 2.45) is 0 Å². The van der Waals surface area contributed by atoms with E-state index >= 15 is 0 Å². The van der Waals surface area contributed by atoms with E-state index in [9.17, 15) is 14.4 Å². The SMILES string of the molecule is CC/C=C\C/C=C\C/C=C\C/C=C\C/C=C\C/C=C\C/C=C\CCCC(=O)OC(COC(=O)CCCCCCCCCCCCC)COC(=O)CCCCCCCCCCCCCCCCCCCCCCCCCCCCCCCCC. The average Bonchev–Trinajstić information content (AvgIpc) is 3.48. The fourth-order valence-corrected chi connectivity index (χ4v) is 10.6. The molecule has 0 N–H and O–H groups in total. The summed E-state index contributed by atoms with van der Waals surface area (Å²) in [5.41, 5.74) is 0. The largest absolute Gasteiger partial charge is 0.462 e. The van der Waals surface area contributed by atoms with E-state index in [2.05, 4.69) is 106 Å². The van der Waals surface area contributed by atoms with E-state index in [1.54, 1.807) is 0 Å². The lowest BCUT2D eigenvalue weighted by Crippen LogP contribution is -2.30. The quantitative estimate of drug-likeness (QED) is 0.0261. The van der Waals surface area contributed by atoms with E-state index in [4.69, 9.17) is 14.2 Å². The summed E-state index contributed by atoms with van der Waals surface area (Å²) in [5.74, 6) is -0.938. The van der Waals surface area contributed by atoms with E-state index in [-0.39, 0.29) is 37.5 Å². The van der Waals surface area contributed by atoms with Crippen LogP contribution in [0.1, 0.15) is 367 Å². The first kappa shape index (κ1) is 79.6. The number of hydrogen-bond acceptors (Lipinski definition) is 6. The third-order valence-corrected chi connectivity index (χ3v) is 15.9. The molecule has 0 aromatic heterocycles. The minimum absolute atomic E-state index is 0.0955. The molecule has 6 heteroatoms. The molecular weight excluding hydrogens is 1020 g/mol. The summed E-state index contributed by atoms with van der Waals surface area (Å²) in [6, 6.07) is 0. The Morgan fingerprint density at radius 1 is 0.253 bits per heavy atom. The molecule has 6 nitrogen and oxygen atoms in total. The lowest BCUT2D eigenvalue weighted by Gasteiger charge is -2.18. The van der Waals surface area contributed by atoms with Gasteiger partial charge in [0.15, 0.2) is 6.10 Å². The summed E-state index contributed by atoms with van der Waals surface area (Å²) in [6.07, 6.45) is 95.0. The Bertz CT molecular complexity index is 1570. The second-order valence-corrected chi connectivity index (χ2v) is 24.1. The van der Waals surface area contributed by atoms with Crippen LogP contribution in [0.15, 0.2) is 85.1 Å². The molecule has 1 unspecified atom stereocenters. The normalized spacial score (nSPS) is 12.6. The van der Waals surface area contributed by atoms with E-state index in [0.29, 0.717) is 19.3 Å². The molecule has 0 saturated heterocycles. The maximum Gasteiger partial charge on any atom is 0.306 e. The summed E-state index contributed by atoms with van der Waals surface area (Å²) < 4.78 is 16.9. The standard InChI is InChI=1S/C77H136O6/c1-4-7-10-13-16-19-22-24-26-28-30-32-34-35-36-37-38-39-40-41-43-44-46-48-50-52-55-58-61-64-67-70-76(79)82-73-74(72-81-75(78)69-66-63-60-57-54-21-18-15-12-9-6-3)83-77(80)71-68-65-62-59-56-53-51-49-47-45-42-33-31-29-27-25-23-20-17-14-11-8-5-2/h8,11,17,20,25,27,31,33,45,47,51,53,59,62,74H,4-7,9-10,12-16,18-19,21-24,26,28-30,32,34-44,46,48-50,52,54-58,60-61,63-73H2,1-3H3/b11-8-,20-17-,27-25-,33-31-,47-45-,53-51-,62-59-. The fraction of sp³-hybridized carbons (Fsp3) is 0.779. The molecule has 0 saturated carbocycles. The molecule has 0 heterocycles. The maximum atomic E-state index is 12.9. The predicted octanol–water partition coefficient (Wildman–Crippen LogP) is 25.0. The van der Waals surface area contributed by atoms with Crippen LogP contribution in [0.3, 0.4) is 0 Å². The number of carbonyl (C=O) groups excluding carboxylic acids is 3. The van der Waals surface area contributed by atoms with Crippen molar-refractivity contribution in [2.75, 3.05) is 13.2 Å². The molecule has 0 amide bonds. The number of ether oxygens (including phenoxy) is 3. The van der Waals surface area contributed by atoms with Gasteiger partial charge in [-0.15, -0.1) is 0 Å². The summed E-state index contributed by atoms with van der Waals surface area (Å²) in [5, 5.41) is 0. The number of carbonyl (C=O) groups is 3. The van der Waals surface area contributed by atoms with Crippen molar-refractivity contribution in [2.45, 2.75) is 374 Å². The minimum Gasteiger partial charge on any atom is -0.462 e. The minimum atomic E-state index is -0.806. The molecule has 0 radical (unpaired) electrons. The van der Waals surface area contributed by atoms with Crippen LogP contribution in [0.25, 0.3) is 0 Å². The van der Waals surface area contributed by atoms with Crippen LogP contribution in [0.2, 0.25) is 0 Å². The molecule has 0 aromatic rings.